The predicted molar refractivity (Wildman–Crippen MR) is 80.5 cm³/mol. The molecule has 1 amide bonds. The molecule has 0 unspecified atom stereocenters. The lowest BCUT2D eigenvalue weighted by atomic mass is 10.2. The molecule has 0 aliphatic carbocycles. The molecule has 0 spiro atoms. The molecular weight excluding hydrogens is 323 g/mol. The number of rotatable bonds is 4. The number of benzene rings is 2. The number of carbonyl (C=O) groups is 1. The zero-order chi connectivity index (χ0) is 14.5. The Bertz CT molecular complexity index is 604. The molecule has 0 aromatic heterocycles. The molecular formula is C15H14BrFN2O. The summed E-state index contributed by atoms with van der Waals surface area (Å²) < 4.78 is 14.1. The van der Waals surface area contributed by atoms with Gasteiger partial charge in [-0.25, -0.2) is 4.39 Å². The Morgan fingerprint density at radius 1 is 1.25 bits per heavy atom. The summed E-state index contributed by atoms with van der Waals surface area (Å²) in [4.78, 5) is 11.3. The van der Waals surface area contributed by atoms with Crippen LogP contribution in [-0.4, -0.2) is 5.91 Å². The van der Waals surface area contributed by atoms with Gasteiger partial charge in [-0.05, 0) is 35.9 Å². The number of anilines is 1. The maximum Gasteiger partial charge on any atom is 0.235 e. The lowest BCUT2D eigenvalue weighted by Crippen LogP contribution is -2.40. The standard InChI is InChI=1S/C15H14BrFN2O/c1-11(20)18-19(14-5-3-2-4-6-14)10-12-9-13(17)7-8-15(12)16/h2-9H,10H2,1H3,(H,18,20). The van der Waals surface area contributed by atoms with Crippen molar-refractivity contribution in [1.82, 2.24) is 5.43 Å². The number of nitrogens with one attached hydrogen (secondary N) is 1. The van der Waals surface area contributed by atoms with Crippen molar-refractivity contribution in [3.8, 4) is 0 Å². The summed E-state index contributed by atoms with van der Waals surface area (Å²) >= 11 is 3.39. The first-order valence-corrected chi connectivity index (χ1v) is 6.89. The predicted octanol–water partition coefficient (Wildman–Crippen LogP) is 3.65. The first-order valence-electron chi connectivity index (χ1n) is 6.10. The van der Waals surface area contributed by atoms with E-state index in [9.17, 15) is 9.18 Å². The quantitative estimate of drug-likeness (QED) is 0.864. The summed E-state index contributed by atoms with van der Waals surface area (Å²) in [6.07, 6.45) is 0. The maximum absolute atomic E-state index is 13.3. The van der Waals surface area contributed by atoms with Crippen LogP contribution in [0, 0.1) is 5.82 Å². The van der Waals surface area contributed by atoms with Gasteiger partial charge in [-0.2, -0.15) is 0 Å². The Hall–Kier alpha value is -1.88. The van der Waals surface area contributed by atoms with E-state index in [2.05, 4.69) is 21.4 Å². The number of para-hydroxylation sites is 1. The van der Waals surface area contributed by atoms with E-state index in [0.717, 1.165) is 15.7 Å². The summed E-state index contributed by atoms with van der Waals surface area (Å²) in [5.41, 5.74) is 4.33. The largest absolute Gasteiger partial charge is 0.281 e. The highest BCUT2D eigenvalue weighted by atomic mass is 79.9. The van der Waals surface area contributed by atoms with E-state index in [1.165, 1.54) is 19.1 Å². The van der Waals surface area contributed by atoms with Crippen LogP contribution in [0.3, 0.4) is 0 Å². The van der Waals surface area contributed by atoms with Crippen molar-refractivity contribution < 1.29 is 9.18 Å². The molecule has 0 heterocycles. The second-order valence-electron chi connectivity index (χ2n) is 4.33. The van der Waals surface area contributed by atoms with Crippen LogP contribution in [0.2, 0.25) is 0 Å². The van der Waals surface area contributed by atoms with Crippen molar-refractivity contribution in [2.75, 3.05) is 5.01 Å². The van der Waals surface area contributed by atoms with E-state index in [0.29, 0.717) is 6.54 Å². The maximum atomic E-state index is 13.3. The molecule has 0 bridgehead atoms. The molecule has 2 aromatic carbocycles. The van der Waals surface area contributed by atoms with E-state index in [1.54, 1.807) is 11.1 Å². The van der Waals surface area contributed by atoms with Crippen molar-refractivity contribution in [2.24, 2.45) is 0 Å². The second kappa shape index (κ2) is 6.52. The number of nitrogens with zero attached hydrogens (tertiary/aromatic N) is 1. The summed E-state index contributed by atoms with van der Waals surface area (Å²) in [5.74, 6) is -0.486. The van der Waals surface area contributed by atoms with Crippen molar-refractivity contribution in [3.05, 3.63) is 64.4 Å². The monoisotopic (exact) mass is 336 g/mol. The minimum Gasteiger partial charge on any atom is -0.281 e. The average Bonchev–Trinajstić information content (AvgIpc) is 2.42. The van der Waals surface area contributed by atoms with E-state index in [4.69, 9.17) is 0 Å². The number of carbonyl (C=O) groups excluding carboxylic acids is 1. The third-order valence-corrected chi connectivity index (χ3v) is 3.47. The highest BCUT2D eigenvalue weighted by Crippen LogP contribution is 2.22. The van der Waals surface area contributed by atoms with Gasteiger partial charge in [0, 0.05) is 11.4 Å². The molecule has 0 saturated carbocycles. The van der Waals surface area contributed by atoms with Gasteiger partial charge < -0.3 is 0 Å². The molecule has 5 heteroatoms. The SMILES string of the molecule is CC(=O)NN(Cc1cc(F)ccc1Br)c1ccccc1. The molecule has 0 fully saturated rings. The number of amides is 1. The molecule has 0 atom stereocenters. The van der Waals surface area contributed by atoms with E-state index >= 15 is 0 Å². The van der Waals surface area contributed by atoms with Crippen molar-refractivity contribution in [3.63, 3.8) is 0 Å². The van der Waals surface area contributed by atoms with Gasteiger partial charge in [-0.1, -0.05) is 34.1 Å². The zero-order valence-corrected chi connectivity index (χ0v) is 12.5. The first-order chi connectivity index (χ1) is 9.56. The topological polar surface area (TPSA) is 32.3 Å². The smallest absolute Gasteiger partial charge is 0.235 e. The second-order valence-corrected chi connectivity index (χ2v) is 5.18. The average molecular weight is 337 g/mol. The number of halogens is 2. The van der Waals surface area contributed by atoms with E-state index < -0.39 is 0 Å². The first kappa shape index (κ1) is 14.5. The molecule has 104 valence electrons. The minimum atomic E-state index is -0.306. The van der Waals surface area contributed by atoms with Crippen LogP contribution in [0.4, 0.5) is 10.1 Å². The van der Waals surface area contributed by atoms with Crippen molar-refractivity contribution in [1.29, 1.82) is 0 Å². The molecule has 0 radical (unpaired) electrons. The number of hydrazine groups is 1. The Balaban J connectivity index is 2.28. The molecule has 1 N–H and O–H groups in total. The Morgan fingerprint density at radius 3 is 2.60 bits per heavy atom. The van der Waals surface area contributed by atoms with Crippen LogP contribution >= 0.6 is 15.9 Å². The molecule has 3 nitrogen and oxygen atoms in total. The van der Waals surface area contributed by atoms with Gasteiger partial charge in [0.25, 0.3) is 0 Å². The fourth-order valence-corrected chi connectivity index (χ4v) is 2.20. The van der Waals surface area contributed by atoms with Gasteiger partial charge in [-0.15, -0.1) is 0 Å². The molecule has 0 aliphatic rings. The normalized spacial score (nSPS) is 10.2. The fourth-order valence-electron chi connectivity index (χ4n) is 1.83. The summed E-state index contributed by atoms with van der Waals surface area (Å²) in [6.45, 7) is 1.80. The van der Waals surface area contributed by atoms with E-state index in [1.807, 2.05) is 30.3 Å². The van der Waals surface area contributed by atoms with Crippen LogP contribution in [0.5, 0.6) is 0 Å². The Morgan fingerprint density at radius 2 is 1.95 bits per heavy atom. The van der Waals surface area contributed by atoms with Crippen LogP contribution in [0.25, 0.3) is 0 Å². The van der Waals surface area contributed by atoms with E-state index in [-0.39, 0.29) is 11.7 Å². The molecule has 20 heavy (non-hydrogen) atoms. The summed E-state index contributed by atoms with van der Waals surface area (Å²) in [6, 6.07) is 13.9. The number of hydrogen-bond donors (Lipinski definition) is 1. The van der Waals surface area contributed by atoms with Crippen LogP contribution < -0.4 is 10.4 Å². The zero-order valence-electron chi connectivity index (χ0n) is 10.9. The van der Waals surface area contributed by atoms with Crippen LogP contribution in [0.15, 0.2) is 53.0 Å². The number of hydrogen-bond acceptors (Lipinski definition) is 2. The third-order valence-electron chi connectivity index (χ3n) is 2.70. The molecule has 0 aliphatic heterocycles. The Labute approximate surface area is 125 Å². The van der Waals surface area contributed by atoms with Gasteiger partial charge in [0.15, 0.2) is 0 Å². The van der Waals surface area contributed by atoms with Gasteiger partial charge in [-0.3, -0.25) is 15.2 Å². The van der Waals surface area contributed by atoms with Gasteiger partial charge in [0.05, 0.1) is 12.2 Å². The summed E-state index contributed by atoms with van der Waals surface area (Å²) in [5, 5.41) is 1.68. The molecule has 2 aromatic rings. The van der Waals surface area contributed by atoms with Gasteiger partial charge >= 0.3 is 0 Å². The highest BCUT2D eigenvalue weighted by molar-refractivity contribution is 9.10. The third kappa shape index (κ3) is 3.81. The summed E-state index contributed by atoms with van der Waals surface area (Å²) in [7, 11) is 0. The Kier molecular flexibility index (Phi) is 4.74. The lowest BCUT2D eigenvalue weighted by molar-refractivity contribution is -0.119. The van der Waals surface area contributed by atoms with Crippen molar-refractivity contribution >= 4 is 27.5 Å². The van der Waals surface area contributed by atoms with Gasteiger partial charge in [0.1, 0.15) is 5.82 Å². The minimum absolute atomic E-state index is 0.179. The lowest BCUT2D eigenvalue weighted by Gasteiger charge is -2.25. The highest BCUT2D eigenvalue weighted by Gasteiger charge is 2.11. The van der Waals surface area contributed by atoms with Crippen LogP contribution in [-0.2, 0) is 11.3 Å². The fraction of sp³-hybridized carbons (Fsp3) is 0.133. The molecule has 0 saturated heterocycles. The molecule has 2 rings (SSSR count). The van der Waals surface area contributed by atoms with Crippen molar-refractivity contribution in [2.45, 2.75) is 13.5 Å². The van der Waals surface area contributed by atoms with Gasteiger partial charge in [0.2, 0.25) is 5.91 Å². The van der Waals surface area contributed by atoms with Crippen LogP contribution in [0.1, 0.15) is 12.5 Å².